The van der Waals surface area contributed by atoms with Gasteiger partial charge in [-0.25, -0.2) is 8.42 Å². The van der Waals surface area contributed by atoms with Gasteiger partial charge in [0.15, 0.2) is 0 Å². The first-order valence-corrected chi connectivity index (χ1v) is 11.7. The maximum atomic E-state index is 12.8. The lowest BCUT2D eigenvalue weighted by Gasteiger charge is -2.36. The number of nitrogens with one attached hydrogen (secondary N) is 1. The Labute approximate surface area is 168 Å². The number of amides is 1. The Kier molecular flexibility index (Phi) is 6.65. The van der Waals surface area contributed by atoms with E-state index in [9.17, 15) is 13.2 Å². The van der Waals surface area contributed by atoms with Crippen LogP contribution in [0.25, 0.3) is 0 Å². The van der Waals surface area contributed by atoms with Crippen LogP contribution in [0.15, 0.2) is 29.2 Å². The third-order valence-electron chi connectivity index (χ3n) is 6.56. The van der Waals surface area contributed by atoms with Gasteiger partial charge in [0.25, 0.3) is 0 Å². The lowest BCUT2D eigenvalue weighted by molar-refractivity contribution is -0.127. The Bertz CT molecular complexity index is 770. The van der Waals surface area contributed by atoms with Gasteiger partial charge in [-0.05, 0) is 55.4 Å². The summed E-state index contributed by atoms with van der Waals surface area (Å²) in [4.78, 5) is 13.0. The highest BCUT2D eigenvalue weighted by Crippen LogP contribution is 2.30. The summed E-state index contributed by atoms with van der Waals surface area (Å²) in [7, 11) is -1.98. The van der Waals surface area contributed by atoms with Gasteiger partial charge in [0, 0.05) is 25.0 Å². The number of carbonyl (C=O) groups excluding carboxylic acids is 1. The standard InChI is InChI=1S/C21H32N2O4S/c1-15-5-4-6-20(16(15)2)22-21(24)17-11-13-23(14-12-17)28(25,26)19-9-7-18(27-3)8-10-19/h7-10,15-17,20H,4-6,11-14H2,1-3H3,(H,22,24)/t15-,16-,20+/m0/s1. The molecule has 1 aromatic carbocycles. The molecule has 1 aromatic rings. The maximum Gasteiger partial charge on any atom is 0.243 e. The highest BCUT2D eigenvalue weighted by Gasteiger charge is 2.34. The van der Waals surface area contributed by atoms with Crippen LogP contribution in [0.3, 0.4) is 0 Å². The molecule has 1 aliphatic carbocycles. The van der Waals surface area contributed by atoms with Gasteiger partial charge in [0.05, 0.1) is 12.0 Å². The minimum atomic E-state index is -3.53. The SMILES string of the molecule is COc1ccc(S(=O)(=O)N2CCC(C(=O)N[C@@H]3CCC[C@H](C)[C@@H]3C)CC2)cc1. The van der Waals surface area contributed by atoms with Gasteiger partial charge in [-0.1, -0.05) is 26.7 Å². The van der Waals surface area contributed by atoms with E-state index in [-0.39, 0.29) is 22.8 Å². The second kappa shape index (κ2) is 8.82. The van der Waals surface area contributed by atoms with Crippen molar-refractivity contribution in [2.45, 2.75) is 56.9 Å². The van der Waals surface area contributed by atoms with Gasteiger partial charge < -0.3 is 10.1 Å². The molecular formula is C21H32N2O4S. The first-order chi connectivity index (χ1) is 13.3. The second-order valence-corrected chi connectivity index (χ2v) is 10.2. The van der Waals surface area contributed by atoms with Crippen LogP contribution in [0.1, 0.15) is 46.0 Å². The van der Waals surface area contributed by atoms with E-state index in [4.69, 9.17) is 4.74 Å². The van der Waals surface area contributed by atoms with Gasteiger partial charge in [-0.3, -0.25) is 4.79 Å². The van der Waals surface area contributed by atoms with Crippen LogP contribution in [-0.4, -0.2) is 44.9 Å². The summed E-state index contributed by atoms with van der Waals surface area (Å²) in [6.45, 7) is 5.23. The molecule has 28 heavy (non-hydrogen) atoms. The Morgan fingerprint density at radius 3 is 2.32 bits per heavy atom. The topological polar surface area (TPSA) is 75.7 Å². The van der Waals surface area contributed by atoms with Crippen LogP contribution < -0.4 is 10.1 Å². The number of methoxy groups -OCH3 is 1. The zero-order chi connectivity index (χ0) is 20.3. The zero-order valence-electron chi connectivity index (χ0n) is 17.1. The Hall–Kier alpha value is -1.60. The summed E-state index contributed by atoms with van der Waals surface area (Å²) in [5.74, 6) is 1.74. The molecule has 2 fully saturated rings. The molecule has 1 N–H and O–H groups in total. The van der Waals surface area contributed by atoms with E-state index in [1.54, 1.807) is 31.4 Å². The number of hydrogen-bond donors (Lipinski definition) is 1. The third kappa shape index (κ3) is 4.51. The molecule has 0 unspecified atom stereocenters. The quantitative estimate of drug-likeness (QED) is 0.813. The fraction of sp³-hybridized carbons (Fsp3) is 0.667. The summed E-state index contributed by atoms with van der Waals surface area (Å²) in [5, 5.41) is 3.25. The molecule has 1 saturated heterocycles. The molecule has 1 amide bonds. The highest BCUT2D eigenvalue weighted by molar-refractivity contribution is 7.89. The van der Waals surface area contributed by atoms with E-state index in [1.807, 2.05) is 0 Å². The van der Waals surface area contributed by atoms with E-state index in [0.717, 1.165) is 12.8 Å². The Morgan fingerprint density at radius 1 is 1.07 bits per heavy atom. The van der Waals surface area contributed by atoms with E-state index >= 15 is 0 Å². The van der Waals surface area contributed by atoms with Crippen LogP contribution in [0.2, 0.25) is 0 Å². The average Bonchev–Trinajstić information content (AvgIpc) is 2.71. The number of sulfonamides is 1. The minimum absolute atomic E-state index is 0.0902. The molecule has 3 atom stereocenters. The predicted octanol–water partition coefficient (Wildman–Crippen LogP) is 3.04. The molecule has 0 radical (unpaired) electrons. The van der Waals surface area contributed by atoms with Gasteiger partial charge in [0.2, 0.25) is 15.9 Å². The fourth-order valence-corrected chi connectivity index (χ4v) is 5.81. The average molecular weight is 409 g/mol. The van der Waals surface area contributed by atoms with Crippen LogP contribution >= 0.6 is 0 Å². The number of carbonyl (C=O) groups is 1. The fourth-order valence-electron chi connectivity index (χ4n) is 4.34. The third-order valence-corrected chi connectivity index (χ3v) is 8.47. The maximum absolute atomic E-state index is 12.8. The highest BCUT2D eigenvalue weighted by atomic mass is 32.2. The zero-order valence-corrected chi connectivity index (χ0v) is 17.9. The van der Waals surface area contributed by atoms with Crippen molar-refractivity contribution >= 4 is 15.9 Å². The molecule has 156 valence electrons. The molecule has 1 heterocycles. The van der Waals surface area contributed by atoms with Crippen LogP contribution in [0.5, 0.6) is 5.75 Å². The van der Waals surface area contributed by atoms with Crippen molar-refractivity contribution in [1.29, 1.82) is 0 Å². The normalized spacial score (nSPS) is 27.3. The van der Waals surface area contributed by atoms with Crippen molar-refractivity contribution in [1.82, 2.24) is 9.62 Å². The van der Waals surface area contributed by atoms with E-state index in [0.29, 0.717) is 43.5 Å². The van der Waals surface area contributed by atoms with Gasteiger partial charge in [-0.15, -0.1) is 0 Å². The molecule has 0 bridgehead atoms. The molecule has 7 heteroatoms. The van der Waals surface area contributed by atoms with Crippen LogP contribution in [0.4, 0.5) is 0 Å². The molecular weight excluding hydrogens is 376 g/mol. The Balaban J connectivity index is 1.56. The molecule has 3 rings (SSSR count). The van der Waals surface area contributed by atoms with E-state index in [2.05, 4.69) is 19.2 Å². The molecule has 0 aromatic heterocycles. The molecule has 2 aliphatic rings. The summed E-state index contributed by atoms with van der Waals surface area (Å²) in [6, 6.07) is 6.69. The Morgan fingerprint density at radius 2 is 1.71 bits per heavy atom. The summed E-state index contributed by atoms with van der Waals surface area (Å²) in [5.41, 5.74) is 0. The van der Waals surface area contributed by atoms with E-state index in [1.165, 1.54) is 10.7 Å². The summed E-state index contributed by atoms with van der Waals surface area (Å²) in [6.07, 6.45) is 4.57. The molecule has 6 nitrogen and oxygen atoms in total. The molecule has 1 saturated carbocycles. The number of benzene rings is 1. The molecule has 0 spiro atoms. The monoisotopic (exact) mass is 408 g/mol. The van der Waals surface area contributed by atoms with Crippen molar-refractivity contribution in [3.05, 3.63) is 24.3 Å². The lowest BCUT2D eigenvalue weighted by atomic mass is 9.78. The van der Waals surface area contributed by atoms with Crippen LogP contribution in [-0.2, 0) is 14.8 Å². The number of rotatable bonds is 5. The van der Waals surface area contributed by atoms with Crippen molar-refractivity contribution < 1.29 is 17.9 Å². The minimum Gasteiger partial charge on any atom is -0.497 e. The van der Waals surface area contributed by atoms with Crippen molar-refractivity contribution in [2.24, 2.45) is 17.8 Å². The number of ether oxygens (including phenoxy) is 1. The lowest BCUT2D eigenvalue weighted by Crippen LogP contribution is -2.48. The van der Waals surface area contributed by atoms with E-state index < -0.39 is 10.0 Å². The number of nitrogens with zero attached hydrogens (tertiary/aromatic N) is 1. The largest absolute Gasteiger partial charge is 0.497 e. The number of piperidine rings is 1. The second-order valence-electron chi connectivity index (χ2n) is 8.24. The van der Waals surface area contributed by atoms with Crippen molar-refractivity contribution in [3.63, 3.8) is 0 Å². The van der Waals surface area contributed by atoms with Gasteiger partial charge in [0.1, 0.15) is 5.75 Å². The van der Waals surface area contributed by atoms with Crippen LogP contribution in [0, 0.1) is 17.8 Å². The summed E-state index contributed by atoms with van der Waals surface area (Å²) < 4.78 is 32.3. The molecule has 1 aliphatic heterocycles. The van der Waals surface area contributed by atoms with Crippen molar-refractivity contribution in [3.8, 4) is 5.75 Å². The van der Waals surface area contributed by atoms with Gasteiger partial charge >= 0.3 is 0 Å². The first kappa shape index (κ1) is 21.1. The predicted molar refractivity (Wildman–Crippen MR) is 109 cm³/mol. The number of hydrogen-bond acceptors (Lipinski definition) is 4. The summed E-state index contributed by atoms with van der Waals surface area (Å²) >= 11 is 0. The van der Waals surface area contributed by atoms with Gasteiger partial charge in [-0.2, -0.15) is 4.31 Å². The smallest absolute Gasteiger partial charge is 0.243 e. The first-order valence-electron chi connectivity index (χ1n) is 10.3. The van der Waals surface area contributed by atoms with Crippen molar-refractivity contribution in [2.75, 3.05) is 20.2 Å².